The van der Waals surface area contributed by atoms with Crippen molar-refractivity contribution in [2.45, 2.75) is 26.1 Å². The Kier molecular flexibility index (Phi) is 7.58. The summed E-state index contributed by atoms with van der Waals surface area (Å²) in [5.41, 5.74) is 2.07. The highest BCUT2D eigenvalue weighted by Gasteiger charge is 2.15. The number of nitrogens with zero attached hydrogens (tertiary/aromatic N) is 1. The minimum Gasteiger partial charge on any atom is -0.497 e. The summed E-state index contributed by atoms with van der Waals surface area (Å²) in [7, 11) is 1.65. The SMILES string of the molecule is COc1ccc(CN(Cc2ccco2)CC(O)COc2ccc(Cl)c(C)c2)cc1. The standard InChI is InChI=1S/C23H26ClNO4/c1-17-12-21(9-10-23(17)24)29-16-19(26)14-25(15-22-4-3-11-28-22)13-18-5-7-20(27-2)8-6-18/h3-12,19,26H,13-16H2,1-2H3. The molecule has 3 rings (SSSR count). The van der Waals surface area contributed by atoms with E-state index in [2.05, 4.69) is 4.90 Å². The highest BCUT2D eigenvalue weighted by molar-refractivity contribution is 6.31. The van der Waals surface area contributed by atoms with E-state index in [4.69, 9.17) is 25.5 Å². The molecule has 0 aliphatic heterocycles. The van der Waals surface area contributed by atoms with Gasteiger partial charge in [-0.3, -0.25) is 4.90 Å². The summed E-state index contributed by atoms with van der Waals surface area (Å²) >= 11 is 6.05. The quantitative estimate of drug-likeness (QED) is 0.520. The number of ether oxygens (including phenoxy) is 2. The van der Waals surface area contributed by atoms with E-state index in [1.165, 1.54) is 0 Å². The second-order valence-corrected chi connectivity index (χ2v) is 7.38. The zero-order chi connectivity index (χ0) is 20.6. The largest absolute Gasteiger partial charge is 0.497 e. The van der Waals surface area contributed by atoms with E-state index in [1.807, 2.05) is 49.4 Å². The minimum atomic E-state index is -0.654. The number of methoxy groups -OCH3 is 1. The predicted molar refractivity (Wildman–Crippen MR) is 114 cm³/mol. The van der Waals surface area contributed by atoms with E-state index in [1.54, 1.807) is 25.5 Å². The Balaban J connectivity index is 1.60. The van der Waals surface area contributed by atoms with Crippen LogP contribution in [0.1, 0.15) is 16.9 Å². The van der Waals surface area contributed by atoms with Crippen molar-refractivity contribution in [1.29, 1.82) is 0 Å². The maximum absolute atomic E-state index is 10.6. The number of aryl methyl sites for hydroxylation is 1. The zero-order valence-corrected chi connectivity index (χ0v) is 17.4. The van der Waals surface area contributed by atoms with Crippen LogP contribution in [0.25, 0.3) is 0 Å². The molecule has 1 unspecified atom stereocenters. The van der Waals surface area contributed by atoms with Crippen molar-refractivity contribution in [3.05, 3.63) is 82.8 Å². The highest BCUT2D eigenvalue weighted by Crippen LogP contribution is 2.21. The average Bonchev–Trinajstić information content (AvgIpc) is 3.22. The first-order valence-electron chi connectivity index (χ1n) is 9.48. The number of furan rings is 1. The van der Waals surface area contributed by atoms with Gasteiger partial charge in [-0.15, -0.1) is 0 Å². The highest BCUT2D eigenvalue weighted by atomic mass is 35.5. The van der Waals surface area contributed by atoms with E-state index in [0.29, 0.717) is 30.4 Å². The molecule has 2 aromatic carbocycles. The molecule has 0 fully saturated rings. The summed E-state index contributed by atoms with van der Waals surface area (Å²) in [5, 5.41) is 11.2. The molecule has 0 radical (unpaired) electrons. The first-order valence-corrected chi connectivity index (χ1v) is 9.86. The van der Waals surface area contributed by atoms with Crippen LogP contribution in [-0.2, 0) is 13.1 Å². The van der Waals surface area contributed by atoms with Crippen molar-refractivity contribution in [3.63, 3.8) is 0 Å². The molecule has 154 valence electrons. The molecule has 1 heterocycles. The number of halogens is 1. The topological polar surface area (TPSA) is 55.1 Å². The zero-order valence-electron chi connectivity index (χ0n) is 16.7. The Morgan fingerprint density at radius 3 is 2.48 bits per heavy atom. The molecule has 0 aliphatic carbocycles. The normalized spacial score (nSPS) is 12.2. The number of benzene rings is 2. The maximum atomic E-state index is 10.6. The second-order valence-electron chi connectivity index (χ2n) is 6.97. The van der Waals surface area contributed by atoms with Crippen LogP contribution in [0.5, 0.6) is 11.5 Å². The van der Waals surface area contributed by atoms with Crippen LogP contribution >= 0.6 is 11.6 Å². The van der Waals surface area contributed by atoms with E-state index in [-0.39, 0.29) is 6.61 Å². The maximum Gasteiger partial charge on any atom is 0.119 e. The first kappa shape index (κ1) is 21.2. The van der Waals surface area contributed by atoms with Gasteiger partial charge in [0.15, 0.2) is 0 Å². The van der Waals surface area contributed by atoms with Gasteiger partial charge in [-0.1, -0.05) is 23.7 Å². The molecule has 5 nitrogen and oxygen atoms in total. The van der Waals surface area contributed by atoms with Crippen molar-refractivity contribution in [1.82, 2.24) is 4.90 Å². The molecule has 6 heteroatoms. The summed E-state index contributed by atoms with van der Waals surface area (Å²) in [6, 6.07) is 17.2. The molecule has 1 aromatic heterocycles. The van der Waals surface area contributed by atoms with Gasteiger partial charge in [-0.25, -0.2) is 0 Å². The van der Waals surface area contributed by atoms with E-state index >= 15 is 0 Å². The fraction of sp³-hybridized carbons (Fsp3) is 0.304. The predicted octanol–water partition coefficient (Wildman–Crippen LogP) is 4.69. The third-order valence-electron chi connectivity index (χ3n) is 4.57. The van der Waals surface area contributed by atoms with Gasteiger partial charge in [0.25, 0.3) is 0 Å². The van der Waals surface area contributed by atoms with Crippen molar-refractivity contribution < 1.29 is 19.0 Å². The molecular formula is C23H26ClNO4. The van der Waals surface area contributed by atoms with Gasteiger partial charge in [0.1, 0.15) is 30.0 Å². The second kappa shape index (κ2) is 10.3. The van der Waals surface area contributed by atoms with Crippen LogP contribution in [0.15, 0.2) is 65.3 Å². The van der Waals surface area contributed by atoms with E-state index < -0.39 is 6.10 Å². The van der Waals surface area contributed by atoms with Gasteiger partial charge in [0.05, 0.1) is 19.9 Å². The molecule has 0 spiro atoms. The third-order valence-corrected chi connectivity index (χ3v) is 4.99. The number of rotatable bonds is 10. The Hall–Kier alpha value is -2.47. The van der Waals surface area contributed by atoms with Crippen LogP contribution < -0.4 is 9.47 Å². The number of aliphatic hydroxyl groups excluding tert-OH is 1. The van der Waals surface area contributed by atoms with Crippen LogP contribution in [-0.4, -0.2) is 36.4 Å². The van der Waals surface area contributed by atoms with E-state index in [0.717, 1.165) is 22.6 Å². The van der Waals surface area contributed by atoms with Gasteiger partial charge in [-0.2, -0.15) is 0 Å². The summed E-state index contributed by atoms with van der Waals surface area (Å²) in [5.74, 6) is 2.36. The molecule has 0 amide bonds. The Morgan fingerprint density at radius 1 is 1.07 bits per heavy atom. The molecule has 1 N–H and O–H groups in total. The molecule has 0 saturated carbocycles. The van der Waals surface area contributed by atoms with Crippen molar-refractivity contribution in [3.8, 4) is 11.5 Å². The molecule has 1 atom stereocenters. The summed E-state index contributed by atoms with van der Waals surface area (Å²) in [4.78, 5) is 2.13. The van der Waals surface area contributed by atoms with Gasteiger partial charge < -0.3 is 19.0 Å². The van der Waals surface area contributed by atoms with Crippen molar-refractivity contribution >= 4 is 11.6 Å². The fourth-order valence-electron chi connectivity index (χ4n) is 3.05. The monoisotopic (exact) mass is 415 g/mol. The summed E-state index contributed by atoms with van der Waals surface area (Å²) < 4.78 is 16.5. The Bertz CT molecular complexity index is 880. The minimum absolute atomic E-state index is 0.193. The molecule has 29 heavy (non-hydrogen) atoms. The van der Waals surface area contributed by atoms with Crippen LogP contribution in [0.2, 0.25) is 5.02 Å². The third kappa shape index (κ3) is 6.53. The molecule has 0 bridgehead atoms. The lowest BCUT2D eigenvalue weighted by Gasteiger charge is -2.24. The number of hydrogen-bond donors (Lipinski definition) is 1. The fourth-order valence-corrected chi connectivity index (χ4v) is 3.16. The van der Waals surface area contributed by atoms with E-state index in [9.17, 15) is 5.11 Å². The molecule has 3 aromatic rings. The lowest BCUT2D eigenvalue weighted by atomic mass is 10.2. The Morgan fingerprint density at radius 2 is 1.83 bits per heavy atom. The van der Waals surface area contributed by atoms with Crippen molar-refractivity contribution in [2.75, 3.05) is 20.3 Å². The smallest absolute Gasteiger partial charge is 0.119 e. The van der Waals surface area contributed by atoms with Gasteiger partial charge in [0.2, 0.25) is 0 Å². The van der Waals surface area contributed by atoms with Gasteiger partial charge >= 0.3 is 0 Å². The molecular weight excluding hydrogens is 390 g/mol. The van der Waals surface area contributed by atoms with Crippen molar-refractivity contribution in [2.24, 2.45) is 0 Å². The molecule has 0 aliphatic rings. The van der Waals surface area contributed by atoms with Crippen LogP contribution in [0.4, 0.5) is 0 Å². The van der Waals surface area contributed by atoms with Gasteiger partial charge in [0, 0.05) is 18.1 Å². The average molecular weight is 416 g/mol. The summed E-state index contributed by atoms with van der Waals surface area (Å²) in [6.07, 6.45) is 1.00. The number of hydrogen-bond acceptors (Lipinski definition) is 5. The lowest BCUT2D eigenvalue weighted by Crippen LogP contribution is -2.35. The van der Waals surface area contributed by atoms with Gasteiger partial charge in [-0.05, 0) is 60.5 Å². The Labute approximate surface area is 176 Å². The first-order chi connectivity index (χ1) is 14.0. The summed E-state index contributed by atoms with van der Waals surface area (Å²) in [6.45, 7) is 3.82. The molecule has 0 saturated heterocycles. The lowest BCUT2D eigenvalue weighted by molar-refractivity contribution is 0.0604. The van der Waals surface area contributed by atoms with Crippen LogP contribution in [0, 0.1) is 6.92 Å². The number of aliphatic hydroxyl groups is 1. The van der Waals surface area contributed by atoms with Crippen LogP contribution in [0.3, 0.4) is 0 Å².